The predicted molar refractivity (Wildman–Crippen MR) is 222 cm³/mol. The summed E-state index contributed by atoms with van der Waals surface area (Å²) in [6.07, 6.45) is 1.54. The van der Waals surface area contributed by atoms with Gasteiger partial charge in [-0.1, -0.05) is 60.9 Å². The summed E-state index contributed by atoms with van der Waals surface area (Å²) in [5.74, 6) is -0.901. The molecule has 10 atom stereocenters. The molecule has 25 heteroatoms. The van der Waals surface area contributed by atoms with Crippen LogP contribution in [0.1, 0.15) is 46.0 Å². The number of hydrogen-bond acceptors (Lipinski definition) is 17. The summed E-state index contributed by atoms with van der Waals surface area (Å²) in [5.41, 5.74) is -0.781. The standard InChI is InChI=1S/C37H34N10O11P2S2/c48-32(20-7-3-1-4-8-20)44-28-23-30(40-16-38-28)46(18-42-23)34-22-11-12-36(55-34)14-53-60(51,62)58-27-25-35(56-37(27,13-52-25)15-54-59(50,61)57-26(22)36)47-19-43-24-29(39-17-41-31(24)47)45-33(49)21-9-5-2-6-10-21/h1-10,16-19,22,25-27,34-35H,11-15H2,(H,50,61)(H,51,62)(H,38,40,44,48)(H,39,41,45,49)/t22-,25-,26+,27+,34-,35-,36-,37-,59-,60-/m1/s1. The molecule has 1 saturated carbocycles. The van der Waals surface area contributed by atoms with Gasteiger partial charge in [0.25, 0.3) is 11.8 Å². The summed E-state index contributed by atoms with van der Waals surface area (Å²) >= 11 is 8.82. The lowest BCUT2D eigenvalue weighted by Gasteiger charge is -2.36. The molecule has 1 aliphatic carbocycles. The molecule has 320 valence electrons. The largest absolute Gasteiger partial charge is 0.386 e. The van der Waals surface area contributed by atoms with E-state index < -0.39 is 74.0 Å². The molecule has 5 fully saturated rings. The molecule has 4 bridgehead atoms. The number of carbonyl (C=O) groups is 2. The van der Waals surface area contributed by atoms with Crippen LogP contribution in [0.2, 0.25) is 0 Å². The maximum Gasteiger partial charge on any atom is 0.386 e. The first-order valence-corrected chi connectivity index (χ1v) is 24.7. The van der Waals surface area contributed by atoms with Crippen molar-refractivity contribution in [2.45, 2.75) is 54.8 Å². The van der Waals surface area contributed by atoms with Gasteiger partial charge in [0.05, 0.1) is 32.5 Å². The van der Waals surface area contributed by atoms with Gasteiger partial charge in [-0.2, -0.15) is 0 Å². The van der Waals surface area contributed by atoms with Crippen LogP contribution in [0.25, 0.3) is 22.3 Å². The monoisotopic (exact) mass is 920 g/mol. The smallest absolute Gasteiger partial charge is 0.367 e. The molecule has 5 aliphatic rings. The van der Waals surface area contributed by atoms with E-state index in [2.05, 4.69) is 65.0 Å². The van der Waals surface area contributed by atoms with Gasteiger partial charge in [-0.25, -0.2) is 39.0 Å². The van der Waals surface area contributed by atoms with E-state index in [0.29, 0.717) is 35.1 Å². The minimum atomic E-state index is -4.26. The van der Waals surface area contributed by atoms with Gasteiger partial charge < -0.3 is 24.8 Å². The molecule has 4 aliphatic heterocycles. The Balaban J connectivity index is 0.859. The number of benzene rings is 2. The summed E-state index contributed by atoms with van der Waals surface area (Å²) in [4.78, 5) is 52.3. The van der Waals surface area contributed by atoms with E-state index in [9.17, 15) is 18.7 Å². The van der Waals surface area contributed by atoms with E-state index in [1.165, 1.54) is 25.3 Å². The van der Waals surface area contributed by atoms with Crippen LogP contribution in [0.3, 0.4) is 0 Å². The molecule has 8 heterocycles. The van der Waals surface area contributed by atoms with Gasteiger partial charge in [0.1, 0.15) is 48.4 Å². The van der Waals surface area contributed by atoms with Crippen molar-refractivity contribution in [1.82, 2.24) is 39.0 Å². The SMILES string of the molecule is O=C(Nc1ncnc2c1ncn2[C@@H]1O[C@@]23CC[C@@H]1[C@@H]2O[P@](=O)(S)OC[C@@]12CO[C@@H]([C@H](n4cnc5c(NC(=O)c6ccccc6)ncnc54)O1)[C@@H]2O[P@](=O)(S)OC3)c1ccccc1. The van der Waals surface area contributed by atoms with Crippen molar-refractivity contribution in [1.29, 1.82) is 0 Å². The van der Waals surface area contributed by atoms with Crippen molar-refractivity contribution in [3.8, 4) is 0 Å². The molecular weight excluding hydrogens is 887 g/mol. The molecule has 4 aromatic heterocycles. The first-order valence-electron chi connectivity index (χ1n) is 19.3. The third-order valence-corrected chi connectivity index (χ3v) is 14.9. The van der Waals surface area contributed by atoms with E-state index in [4.69, 9.17) is 32.3 Å². The molecule has 4 saturated heterocycles. The first-order chi connectivity index (χ1) is 29.9. The van der Waals surface area contributed by atoms with Crippen LogP contribution in [-0.4, -0.2) is 100 Å². The fraction of sp³-hybridized carbons (Fsp3) is 0.351. The number of rotatable bonds is 6. The van der Waals surface area contributed by atoms with Gasteiger partial charge in [-0.15, -0.1) is 0 Å². The van der Waals surface area contributed by atoms with Crippen LogP contribution < -0.4 is 10.6 Å². The molecule has 21 nitrogen and oxygen atoms in total. The molecule has 0 spiro atoms. The second kappa shape index (κ2) is 15.0. The minimum absolute atomic E-state index is 0.120. The zero-order valence-corrected chi connectivity index (χ0v) is 35.5. The first kappa shape index (κ1) is 40.2. The van der Waals surface area contributed by atoms with Crippen LogP contribution in [0.15, 0.2) is 86.0 Å². The summed E-state index contributed by atoms with van der Waals surface area (Å²) in [6.45, 7) is -9.40. The minimum Gasteiger partial charge on any atom is -0.367 e. The average molecular weight is 921 g/mol. The lowest BCUT2D eigenvalue weighted by Crippen LogP contribution is -2.47. The molecule has 0 radical (unpaired) electrons. The molecule has 62 heavy (non-hydrogen) atoms. The van der Waals surface area contributed by atoms with Crippen molar-refractivity contribution in [3.05, 3.63) is 97.1 Å². The van der Waals surface area contributed by atoms with Gasteiger partial charge >= 0.3 is 13.6 Å². The number of ether oxygens (including phenoxy) is 3. The predicted octanol–water partition coefficient (Wildman–Crippen LogP) is 5.41. The highest BCUT2D eigenvalue weighted by atomic mass is 32.7. The average Bonchev–Trinajstić information content (AvgIpc) is 4.13. The van der Waals surface area contributed by atoms with E-state index in [1.54, 1.807) is 63.7 Å². The fourth-order valence-electron chi connectivity index (χ4n) is 8.87. The van der Waals surface area contributed by atoms with Gasteiger partial charge in [0.15, 0.2) is 40.2 Å². The van der Waals surface area contributed by atoms with Crippen LogP contribution in [0.5, 0.6) is 0 Å². The molecule has 2 aromatic carbocycles. The number of aromatic nitrogens is 8. The molecule has 0 unspecified atom stereocenters. The Morgan fingerprint density at radius 3 is 1.76 bits per heavy atom. The Morgan fingerprint density at radius 2 is 1.18 bits per heavy atom. The van der Waals surface area contributed by atoms with Crippen molar-refractivity contribution in [2.75, 3.05) is 30.5 Å². The highest BCUT2D eigenvalue weighted by Crippen LogP contribution is 2.67. The Labute approximate surface area is 361 Å². The van der Waals surface area contributed by atoms with E-state index in [1.807, 2.05) is 6.07 Å². The lowest BCUT2D eigenvalue weighted by atomic mass is 10.0. The molecule has 2 amide bonds. The van der Waals surface area contributed by atoms with Crippen molar-refractivity contribution in [3.63, 3.8) is 0 Å². The summed E-state index contributed by atoms with van der Waals surface area (Å²) in [7, 11) is 0. The number of hydrogen-bond donors (Lipinski definition) is 4. The maximum absolute atomic E-state index is 14.3. The van der Waals surface area contributed by atoms with Crippen molar-refractivity contribution < 1.29 is 51.0 Å². The molecular formula is C37H34N10O11P2S2. The number of anilines is 2. The number of imidazole rings is 2. The summed E-state index contributed by atoms with van der Waals surface area (Å²) < 4.78 is 75.8. The third kappa shape index (κ3) is 6.78. The molecule has 2 N–H and O–H groups in total. The zero-order chi connectivity index (χ0) is 42.4. The van der Waals surface area contributed by atoms with Gasteiger partial charge in [-0.05, 0) is 37.1 Å². The number of nitrogens with one attached hydrogen (secondary N) is 2. The Kier molecular flexibility index (Phi) is 9.71. The van der Waals surface area contributed by atoms with Crippen molar-refractivity contribution >= 4 is 83.9 Å². The Bertz CT molecular complexity index is 2670. The van der Waals surface area contributed by atoms with E-state index >= 15 is 0 Å². The molecule has 6 aromatic rings. The van der Waals surface area contributed by atoms with Crippen LogP contribution in [0.4, 0.5) is 11.6 Å². The maximum atomic E-state index is 14.3. The van der Waals surface area contributed by atoms with Crippen molar-refractivity contribution in [2.24, 2.45) is 5.92 Å². The zero-order valence-electron chi connectivity index (χ0n) is 31.9. The number of amides is 2. The second-order valence-electron chi connectivity index (χ2n) is 15.4. The van der Waals surface area contributed by atoms with Gasteiger partial charge in [0, 0.05) is 17.0 Å². The topological polar surface area (TPSA) is 244 Å². The molecule has 11 rings (SSSR count). The summed E-state index contributed by atoms with van der Waals surface area (Å²) in [6, 6.07) is 17.3. The van der Waals surface area contributed by atoms with Crippen LogP contribution >= 0.6 is 38.1 Å². The number of thiol groups is 2. The third-order valence-electron chi connectivity index (χ3n) is 11.7. The van der Waals surface area contributed by atoms with Crippen LogP contribution in [0, 0.1) is 5.92 Å². The number of fused-ring (bicyclic) bond motifs is 2. The van der Waals surface area contributed by atoms with E-state index in [0.717, 1.165) is 0 Å². The second-order valence-corrected chi connectivity index (χ2v) is 21.1. The highest BCUT2D eigenvalue weighted by molar-refractivity contribution is 8.44. The lowest BCUT2D eigenvalue weighted by molar-refractivity contribution is -0.183. The Morgan fingerprint density at radius 1 is 0.661 bits per heavy atom. The van der Waals surface area contributed by atoms with Gasteiger partial charge in [0.2, 0.25) is 0 Å². The number of nitrogens with zero attached hydrogens (tertiary/aromatic N) is 8. The number of carbonyl (C=O) groups excluding carboxylic acids is 2. The normalized spacial score (nSPS) is 34.0. The van der Waals surface area contributed by atoms with E-state index in [-0.39, 0.29) is 41.9 Å². The van der Waals surface area contributed by atoms with Gasteiger partial charge in [-0.3, -0.25) is 36.8 Å². The quantitative estimate of drug-likeness (QED) is 0.121. The summed E-state index contributed by atoms with van der Waals surface area (Å²) in [5, 5.41) is 5.57. The van der Waals surface area contributed by atoms with Crippen LogP contribution in [-0.2, 0) is 41.4 Å². The fourth-order valence-corrected chi connectivity index (χ4v) is 11.9. The highest BCUT2D eigenvalue weighted by Gasteiger charge is 2.68. The Hall–Kier alpha value is -4.64.